The number of carbonyl (C=O) groups excluding carboxylic acids is 1. The van der Waals surface area contributed by atoms with E-state index < -0.39 is 18.6 Å². The van der Waals surface area contributed by atoms with Gasteiger partial charge in [0.1, 0.15) is 12.2 Å². The van der Waals surface area contributed by atoms with E-state index in [1.54, 1.807) is 19.1 Å². The highest BCUT2D eigenvalue weighted by Crippen LogP contribution is 2.20. The van der Waals surface area contributed by atoms with Crippen molar-refractivity contribution in [3.05, 3.63) is 28.5 Å². The summed E-state index contributed by atoms with van der Waals surface area (Å²) in [4.78, 5) is 16.5. The van der Waals surface area contributed by atoms with Gasteiger partial charge in [-0.15, -0.1) is 0 Å². The number of rotatable bonds is 4. The van der Waals surface area contributed by atoms with Gasteiger partial charge < -0.3 is 4.90 Å². The van der Waals surface area contributed by atoms with Crippen LogP contribution in [-0.4, -0.2) is 35.1 Å². The molecule has 0 bridgehead atoms. The van der Waals surface area contributed by atoms with E-state index >= 15 is 0 Å². The first kappa shape index (κ1) is 14.9. The zero-order chi connectivity index (χ0) is 13.8. The van der Waals surface area contributed by atoms with Gasteiger partial charge in [0, 0.05) is 17.2 Å². The first-order chi connectivity index (χ1) is 8.35. The van der Waals surface area contributed by atoms with Crippen molar-refractivity contribution in [1.29, 1.82) is 0 Å². The van der Waals surface area contributed by atoms with Gasteiger partial charge in [-0.2, -0.15) is 13.2 Å². The molecule has 0 saturated heterocycles. The maximum Gasteiger partial charge on any atom is 0.406 e. The second kappa shape index (κ2) is 6.17. The van der Waals surface area contributed by atoms with Gasteiger partial charge in [0.05, 0.1) is 0 Å². The number of halogens is 4. The Labute approximate surface area is 111 Å². The van der Waals surface area contributed by atoms with E-state index in [1.807, 2.05) is 0 Å². The lowest BCUT2D eigenvalue weighted by Crippen LogP contribution is -2.39. The van der Waals surface area contributed by atoms with Crippen LogP contribution in [0.25, 0.3) is 0 Å². The highest BCUT2D eigenvalue weighted by atomic mass is 79.9. The van der Waals surface area contributed by atoms with E-state index in [-0.39, 0.29) is 12.2 Å². The van der Waals surface area contributed by atoms with Crippen molar-refractivity contribution in [2.75, 3.05) is 13.1 Å². The van der Waals surface area contributed by atoms with Crippen LogP contribution in [0, 0.1) is 0 Å². The normalized spacial score (nSPS) is 11.4. The van der Waals surface area contributed by atoms with Gasteiger partial charge in [-0.1, -0.05) is 6.92 Å². The van der Waals surface area contributed by atoms with Gasteiger partial charge in [-0.25, -0.2) is 4.98 Å². The molecule has 1 heterocycles. The van der Waals surface area contributed by atoms with E-state index in [1.165, 1.54) is 6.20 Å². The van der Waals surface area contributed by atoms with Crippen molar-refractivity contribution in [3.63, 3.8) is 0 Å². The van der Waals surface area contributed by atoms with Crippen molar-refractivity contribution >= 4 is 21.8 Å². The van der Waals surface area contributed by atoms with Crippen molar-refractivity contribution in [2.45, 2.75) is 19.5 Å². The summed E-state index contributed by atoms with van der Waals surface area (Å²) in [5.74, 6) is -0.721. The summed E-state index contributed by atoms with van der Waals surface area (Å²) < 4.78 is 37.5. The quantitative estimate of drug-likeness (QED) is 0.851. The fourth-order valence-corrected chi connectivity index (χ4v) is 1.86. The molecule has 0 atom stereocenters. The van der Waals surface area contributed by atoms with Crippen molar-refractivity contribution < 1.29 is 18.0 Å². The number of aromatic nitrogens is 1. The number of alkyl halides is 3. The summed E-state index contributed by atoms with van der Waals surface area (Å²) >= 11 is 3.10. The molecule has 0 fully saturated rings. The Hall–Kier alpha value is -1.11. The topological polar surface area (TPSA) is 33.2 Å². The van der Waals surface area contributed by atoms with Gasteiger partial charge in [0.25, 0.3) is 5.91 Å². The molecule has 0 radical (unpaired) electrons. The molecule has 100 valence electrons. The summed E-state index contributed by atoms with van der Waals surface area (Å²) in [5.41, 5.74) is -0.00444. The predicted octanol–water partition coefficient (Wildman–Crippen LogP) is 3.26. The summed E-state index contributed by atoms with van der Waals surface area (Å²) in [5, 5.41) is 0. The van der Waals surface area contributed by atoms with Crippen molar-refractivity contribution in [2.24, 2.45) is 0 Å². The first-order valence-electron chi connectivity index (χ1n) is 5.31. The van der Waals surface area contributed by atoms with Crippen LogP contribution < -0.4 is 0 Å². The average Bonchev–Trinajstić information content (AvgIpc) is 2.26. The molecule has 0 aliphatic rings. The molecule has 1 amide bonds. The Morgan fingerprint density at radius 3 is 2.67 bits per heavy atom. The van der Waals surface area contributed by atoms with Crippen LogP contribution in [0.15, 0.2) is 22.8 Å². The molecule has 1 rings (SSSR count). The van der Waals surface area contributed by atoms with E-state index in [0.717, 1.165) is 4.90 Å². The van der Waals surface area contributed by atoms with Crippen LogP contribution >= 0.6 is 15.9 Å². The average molecular weight is 325 g/mol. The summed E-state index contributed by atoms with van der Waals surface area (Å²) in [6.45, 7) is 0.494. The van der Waals surface area contributed by atoms with E-state index in [9.17, 15) is 18.0 Å². The Balaban J connectivity index is 2.93. The van der Waals surface area contributed by atoms with Crippen molar-refractivity contribution in [3.8, 4) is 0 Å². The fourth-order valence-electron chi connectivity index (χ4n) is 1.43. The van der Waals surface area contributed by atoms with Crippen LogP contribution in [-0.2, 0) is 0 Å². The smallest absolute Gasteiger partial charge is 0.328 e. The van der Waals surface area contributed by atoms with Crippen LogP contribution in [0.1, 0.15) is 23.8 Å². The maximum atomic E-state index is 12.4. The molecule has 0 aromatic carbocycles. The lowest BCUT2D eigenvalue weighted by Gasteiger charge is -2.23. The first-order valence-corrected chi connectivity index (χ1v) is 6.11. The third kappa shape index (κ3) is 4.29. The number of hydrogen-bond acceptors (Lipinski definition) is 2. The third-order valence-electron chi connectivity index (χ3n) is 2.11. The van der Waals surface area contributed by atoms with Crippen LogP contribution in [0.4, 0.5) is 13.2 Å². The monoisotopic (exact) mass is 324 g/mol. The van der Waals surface area contributed by atoms with Crippen molar-refractivity contribution in [1.82, 2.24) is 9.88 Å². The van der Waals surface area contributed by atoms with E-state index in [2.05, 4.69) is 20.9 Å². The highest BCUT2D eigenvalue weighted by Gasteiger charge is 2.33. The molecule has 0 aliphatic carbocycles. The minimum atomic E-state index is -4.41. The Morgan fingerprint density at radius 2 is 2.17 bits per heavy atom. The molecule has 1 aromatic heterocycles. The summed E-state index contributed by atoms with van der Waals surface area (Å²) in [6.07, 6.45) is -2.59. The van der Waals surface area contributed by atoms with Gasteiger partial charge in [0.2, 0.25) is 0 Å². The predicted molar refractivity (Wildman–Crippen MR) is 64.2 cm³/mol. The maximum absolute atomic E-state index is 12.4. The van der Waals surface area contributed by atoms with Gasteiger partial charge in [0.15, 0.2) is 0 Å². The molecule has 0 aliphatic heterocycles. The standard InChI is InChI=1S/C11H12BrF3N2O/c1-2-6-17(7-11(13,14)15)10(18)9-8(12)4-3-5-16-9/h3-5H,2,6-7H2,1H3. The second-order valence-corrected chi connectivity index (χ2v) is 4.53. The molecular weight excluding hydrogens is 313 g/mol. The Morgan fingerprint density at radius 1 is 1.50 bits per heavy atom. The van der Waals surface area contributed by atoms with Gasteiger partial charge >= 0.3 is 6.18 Å². The molecule has 0 N–H and O–H groups in total. The van der Waals surface area contributed by atoms with Crippen LogP contribution in [0.3, 0.4) is 0 Å². The number of hydrogen-bond donors (Lipinski definition) is 0. The summed E-state index contributed by atoms with van der Waals surface area (Å²) in [7, 11) is 0. The Bertz CT molecular complexity index is 423. The van der Waals surface area contributed by atoms with Gasteiger partial charge in [-0.05, 0) is 34.5 Å². The lowest BCUT2D eigenvalue weighted by molar-refractivity contribution is -0.140. The lowest BCUT2D eigenvalue weighted by atomic mass is 10.3. The minimum absolute atomic E-state index is 0.00444. The third-order valence-corrected chi connectivity index (χ3v) is 2.75. The zero-order valence-corrected chi connectivity index (χ0v) is 11.3. The van der Waals surface area contributed by atoms with Crippen LogP contribution in [0.2, 0.25) is 0 Å². The van der Waals surface area contributed by atoms with E-state index in [4.69, 9.17) is 0 Å². The highest BCUT2D eigenvalue weighted by molar-refractivity contribution is 9.10. The number of carbonyl (C=O) groups is 1. The molecule has 7 heteroatoms. The zero-order valence-electron chi connectivity index (χ0n) is 9.67. The van der Waals surface area contributed by atoms with Crippen LogP contribution in [0.5, 0.6) is 0 Å². The minimum Gasteiger partial charge on any atom is -0.328 e. The fraction of sp³-hybridized carbons (Fsp3) is 0.455. The van der Waals surface area contributed by atoms with Gasteiger partial charge in [-0.3, -0.25) is 4.79 Å². The second-order valence-electron chi connectivity index (χ2n) is 3.68. The number of amides is 1. The number of pyridine rings is 1. The summed E-state index contributed by atoms with van der Waals surface area (Å²) in [6, 6.07) is 3.16. The molecule has 18 heavy (non-hydrogen) atoms. The molecular formula is C11H12BrF3N2O. The van der Waals surface area contributed by atoms with E-state index in [0.29, 0.717) is 10.9 Å². The molecule has 3 nitrogen and oxygen atoms in total. The largest absolute Gasteiger partial charge is 0.406 e. The molecule has 0 spiro atoms. The molecule has 1 aromatic rings. The Kier molecular flexibility index (Phi) is 5.13. The molecule has 0 saturated carbocycles. The number of nitrogens with zero attached hydrogens (tertiary/aromatic N) is 2. The SMILES string of the molecule is CCCN(CC(F)(F)F)C(=O)c1ncccc1Br. The molecule has 0 unspecified atom stereocenters.